The van der Waals surface area contributed by atoms with Crippen molar-refractivity contribution in [2.75, 3.05) is 13.1 Å². The summed E-state index contributed by atoms with van der Waals surface area (Å²) >= 11 is 0. The molecule has 102 valence electrons. The summed E-state index contributed by atoms with van der Waals surface area (Å²) in [6, 6.07) is 0.405. The molecule has 4 heteroatoms. The lowest BCUT2D eigenvalue weighted by molar-refractivity contribution is 0.0527. The van der Waals surface area contributed by atoms with Crippen LogP contribution < -0.4 is 10.6 Å². The van der Waals surface area contributed by atoms with E-state index in [1.165, 1.54) is 0 Å². The second-order valence-electron chi connectivity index (χ2n) is 6.47. The lowest BCUT2D eigenvalue weighted by Gasteiger charge is -2.28. The van der Waals surface area contributed by atoms with Gasteiger partial charge in [0.1, 0.15) is 5.60 Å². The Balaban J connectivity index is 3.69. The van der Waals surface area contributed by atoms with E-state index in [1.807, 2.05) is 20.8 Å². The van der Waals surface area contributed by atoms with Gasteiger partial charge in [-0.3, -0.25) is 0 Å². The van der Waals surface area contributed by atoms with Gasteiger partial charge in [0.15, 0.2) is 0 Å². The highest BCUT2D eigenvalue weighted by molar-refractivity contribution is 5.67. The van der Waals surface area contributed by atoms with Gasteiger partial charge >= 0.3 is 6.09 Å². The molecule has 0 rings (SSSR count). The van der Waals surface area contributed by atoms with E-state index >= 15 is 0 Å². The molecule has 0 saturated heterocycles. The smallest absolute Gasteiger partial charge is 0.407 e. The minimum absolute atomic E-state index is 0.228. The first-order valence-corrected chi connectivity index (χ1v) is 6.22. The molecular formula is C13H28N2O2. The van der Waals surface area contributed by atoms with Crippen LogP contribution in [0.5, 0.6) is 0 Å². The zero-order valence-electron chi connectivity index (χ0n) is 12.3. The molecule has 0 aromatic carbocycles. The number of ether oxygens (including phenoxy) is 1. The standard InChI is InChI=1S/C13H28N2O2/c1-10(12(2,3)4)14-8-9-15-11(16)17-13(5,6)7/h10,14H,8-9H2,1-7H3,(H,15,16). The highest BCUT2D eigenvalue weighted by Gasteiger charge is 2.19. The zero-order valence-corrected chi connectivity index (χ0v) is 12.3. The average Bonchev–Trinajstić information content (AvgIpc) is 2.07. The Kier molecular flexibility index (Phi) is 5.96. The van der Waals surface area contributed by atoms with Gasteiger partial charge in [-0.1, -0.05) is 20.8 Å². The first kappa shape index (κ1) is 16.2. The van der Waals surface area contributed by atoms with Crippen LogP contribution in [0.1, 0.15) is 48.5 Å². The molecule has 17 heavy (non-hydrogen) atoms. The largest absolute Gasteiger partial charge is 0.444 e. The monoisotopic (exact) mass is 244 g/mol. The van der Waals surface area contributed by atoms with Crippen LogP contribution in [-0.2, 0) is 4.74 Å². The van der Waals surface area contributed by atoms with Crippen molar-refractivity contribution in [1.82, 2.24) is 10.6 Å². The first-order valence-electron chi connectivity index (χ1n) is 6.22. The summed E-state index contributed by atoms with van der Waals surface area (Å²) in [5, 5.41) is 6.09. The van der Waals surface area contributed by atoms with E-state index in [9.17, 15) is 4.79 Å². The maximum atomic E-state index is 11.3. The second kappa shape index (κ2) is 6.24. The number of hydrogen-bond acceptors (Lipinski definition) is 3. The fourth-order valence-corrected chi connectivity index (χ4v) is 1.07. The van der Waals surface area contributed by atoms with Crippen LogP contribution in [0.4, 0.5) is 4.79 Å². The van der Waals surface area contributed by atoms with Crippen LogP contribution in [0.3, 0.4) is 0 Å². The molecule has 1 unspecified atom stereocenters. The summed E-state index contributed by atoms with van der Waals surface area (Å²) in [5.74, 6) is 0. The molecule has 0 bridgehead atoms. The van der Waals surface area contributed by atoms with E-state index in [2.05, 4.69) is 38.3 Å². The Hall–Kier alpha value is -0.770. The highest BCUT2D eigenvalue weighted by Crippen LogP contribution is 2.17. The molecule has 0 spiro atoms. The van der Waals surface area contributed by atoms with E-state index in [0.29, 0.717) is 12.6 Å². The average molecular weight is 244 g/mol. The number of rotatable bonds is 4. The highest BCUT2D eigenvalue weighted by atomic mass is 16.6. The van der Waals surface area contributed by atoms with Gasteiger partial charge in [0, 0.05) is 19.1 Å². The summed E-state index contributed by atoms with van der Waals surface area (Å²) in [6.07, 6.45) is -0.359. The molecule has 0 aliphatic carbocycles. The molecule has 0 aliphatic heterocycles. The van der Waals surface area contributed by atoms with Crippen LogP contribution in [0.15, 0.2) is 0 Å². The SMILES string of the molecule is CC(NCCNC(=O)OC(C)(C)C)C(C)(C)C. The van der Waals surface area contributed by atoms with Crippen molar-refractivity contribution in [3.63, 3.8) is 0 Å². The van der Waals surface area contributed by atoms with E-state index in [4.69, 9.17) is 4.74 Å². The quantitative estimate of drug-likeness (QED) is 0.747. The molecule has 2 N–H and O–H groups in total. The molecule has 1 amide bonds. The van der Waals surface area contributed by atoms with Gasteiger partial charge in [0.25, 0.3) is 0 Å². The van der Waals surface area contributed by atoms with Crippen molar-refractivity contribution >= 4 is 6.09 Å². The van der Waals surface area contributed by atoms with Gasteiger partial charge < -0.3 is 15.4 Å². The van der Waals surface area contributed by atoms with E-state index in [0.717, 1.165) is 6.54 Å². The first-order chi connectivity index (χ1) is 7.52. The molecule has 0 aromatic heterocycles. The topological polar surface area (TPSA) is 50.4 Å². The van der Waals surface area contributed by atoms with Gasteiger partial charge in [-0.2, -0.15) is 0 Å². The number of hydrogen-bond donors (Lipinski definition) is 2. The number of nitrogens with one attached hydrogen (secondary N) is 2. The third kappa shape index (κ3) is 8.98. The van der Waals surface area contributed by atoms with Crippen LogP contribution in [0, 0.1) is 5.41 Å². The Morgan fingerprint density at radius 2 is 1.65 bits per heavy atom. The normalized spacial score (nSPS) is 14.3. The van der Waals surface area contributed by atoms with Gasteiger partial charge in [-0.25, -0.2) is 4.79 Å². The summed E-state index contributed by atoms with van der Waals surface area (Å²) in [7, 11) is 0. The number of carbonyl (C=O) groups is 1. The molecule has 1 atom stereocenters. The maximum absolute atomic E-state index is 11.3. The predicted molar refractivity (Wildman–Crippen MR) is 71.2 cm³/mol. The van der Waals surface area contributed by atoms with Gasteiger partial charge in [-0.05, 0) is 33.1 Å². The van der Waals surface area contributed by atoms with Crippen molar-refractivity contribution in [3.05, 3.63) is 0 Å². The third-order valence-electron chi connectivity index (χ3n) is 2.54. The summed E-state index contributed by atoms with van der Waals surface area (Å²) < 4.78 is 5.13. The van der Waals surface area contributed by atoms with Crippen molar-refractivity contribution < 1.29 is 9.53 Å². The van der Waals surface area contributed by atoms with Crippen molar-refractivity contribution in [3.8, 4) is 0 Å². The number of alkyl carbamates (subject to hydrolysis) is 1. The molecular weight excluding hydrogens is 216 g/mol. The van der Waals surface area contributed by atoms with Crippen LogP contribution in [0.25, 0.3) is 0 Å². The van der Waals surface area contributed by atoms with Gasteiger partial charge in [0.2, 0.25) is 0 Å². The van der Waals surface area contributed by atoms with E-state index in [1.54, 1.807) is 0 Å². The van der Waals surface area contributed by atoms with Gasteiger partial charge in [0.05, 0.1) is 0 Å². The molecule has 0 fully saturated rings. The minimum Gasteiger partial charge on any atom is -0.444 e. The van der Waals surface area contributed by atoms with Crippen LogP contribution in [-0.4, -0.2) is 30.8 Å². The molecule has 0 aromatic rings. The number of amides is 1. The molecule has 0 heterocycles. The summed E-state index contributed by atoms with van der Waals surface area (Å²) in [6.45, 7) is 15.6. The lowest BCUT2D eigenvalue weighted by Crippen LogP contribution is -2.42. The number of carbonyl (C=O) groups excluding carboxylic acids is 1. The maximum Gasteiger partial charge on any atom is 0.407 e. The third-order valence-corrected chi connectivity index (χ3v) is 2.54. The Morgan fingerprint density at radius 3 is 2.06 bits per heavy atom. The molecule has 0 aliphatic rings. The second-order valence-corrected chi connectivity index (χ2v) is 6.47. The predicted octanol–water partition coefficient (Wildman–Crippen LogP) is 2.54. The van der Waals surface area contributed by atoms with Crippen LogP contribution >= 0.6 is 0 Å². The molecule has 4 nitrogen and oxygen atoms in total. The van der Waals surface area contributed by atoms with Crippen molar-refractivity contribution in [1.29, 1.82) is 0 Å². The zero-order chi connectivity index (χ0) is 13.7. The van der Waals surface area contributed by atoms with Crippen molar-refractivity contribution in [2.45, 2.75) is 60.1 Å². The van der Waals surface area contributed by atoms with Gasteiger partial charge in [-0.15, -0.1) is 0 Å². The van der Waals surface area contributed by atoms with E-state index in [-0.39, 0.29) is 11.5 Å². The fourth-order valence-electron chi connectivity index (χ4n) is 1.07. The van der Waals surface area contributed by atoms with Crippen molar-refractivity contribution in [2.24, 2.45) is 5.41 Å². The lowest BCUT2D eigenvalue weighted by atomic mass is 9.88. The molecule has 0 radical (unpaired) electrons. The van der Waals surface area contributed by atoms with Crippen LogP contribution in [0.2, 0.25) is 0 Å². The Morgan fingerprint density at radius 1 is 1.12 bits per heavy atom. The molecule has 0 saturated carbocycles. The Bertz CT molecular complexity index is 239. The Labute approximate surface area is 105 Å². The summed E-state index contributed by atoms with van der Waals surface area (Å²) in [5.41, 5.74) is -0.206. The fraction of sp³-hybridized carbons (Fsp3) is 0.923. The minimum atomic E-state index is -0.434. The summed E-state index contributed by atoms with van der Waals surface area (Å²) in [4.78, 5) is 11.3. The van der Waals surface area contributed by atoms with E-state index < -0.39 is 5.60 Å².